The van der Waals surface area contributed by atoms with E-state index in [-0.39, 0.29) is 5.91 Å². The molecule has 5 nitrogen and oxygen atoms in total. The summed E-state index contributed by atoms with van der Waals surface area (Å²) < 4.78 is 5.41. The van der Waals surface area contributed by atoms with Gasteiger partial charge in [-0.25, -0.2) is 0 Å². The Kier molecular flexibility index (Phi) is 3.72. The molecule has 0 bridgehead atoms. The first-order chi connectivity index (χ1) is 8.69. The van der Waals surface area contributed by atoms with Crippen LogP contribution < -0.4 is 20.3 Å². The molecular formula is C13H19N3O2. The lowest BCUT2D eigenvalue weighted by Crippen LogP contribution is -2.30. The lowest BCUT2D eigenvalue weighted by atomic mass is 10.2. The fourth-order valence-electron chi connectivity index (χ4n) is 2.29. The molecule has 0 fully saturated rings. The van der Waals surface area contributed by atoms with Gasteiger partial charge in [0.2, 0.25) is 5.91 Å². The molecule has 0 aromatic heterocycles. The van der Waals surface area contributed by atoms with Crippen LogP contribution in [0.3, 0.4) is 0 Å². The van der Waals surface area contributed by atoms with Gasteiger partial charge < -0.3 is 20.3 Å². The van der Waals surface area contributed by atoms with Crippen molar-refractivity contribution in [1.29, 1.82) is 0 Å². The van der Waals surface area contributed by atoms with E-state index in [9.17, 15) is 4.79 Å². The standard InChI is InChI=1S/C13H19N3O2/c1-15-10-4-3-5-11(18-2)13(10)16(9-7-14)8-6-12(15)17/h3-5H,6-9,14H2,1-2H3. The minimum absolute atomic E-state index is 0.115. The van der Waals surface area contributed by atoms with Gasteiger partial charge in [0.25, 0.3) is 0 Å². The van der Waals surface area contributed by atoms with Crippen molar-refractivity contribution < 1.29 is 9.53 Å². The molecule has 1 aliphatic heterocycles. The number of para-hydroxylation sites is 1. The maximum atomic E-state index is 12.0. The lowest BCUT2D eigenvalue weighted by Gasteiger charge is -2.26. The van der Waals surface area contributed by atoms with Crippen molar-refractivity contribution in [3.63, 3.8) is 0 Å². The summed E-state index contributed by atoms with van der Waals surface area (Å²) in [6.45, 7) is 1.94. The average Bonchev–Trinajstić information content (AvgIpc) is 2.51. The summed E-state index contributed by atoms with van der Waals surface area (Å²) in [6, 6.07) is 5.74. The molecule has 0 spiro atoms. The van der Waals surface area contributed by atoms with Crippen LogP contribution in [0.1, 0.15) is 6.42 Å². The van der Waals surface area contributed by atoms with Crippen LogP contribution in [0, 0.1) is 0 Å². The molecule has 1 amide bonds. The van der Waals surface area contributed by atoms with Crippen LogP contribution in [0.2, 0.25) is 0 Å². The second kappa shape index (κ2) is 5.27. The van der Waals surface area contributed by atoms with Gasteiger partial charge in [-0.3, -0.25) is 4.79 Å². The zero-order valence-electron chi connectivity index (χ0n) is 10.8. The number of methoxy groups -OCH3 is 1. The van der Waals surface area contributed by atoms with Crippen molar-refractivity contribution in [2.24, 2.45) is 5.73 Å². The van der Waals surface area contributed by atoms with Crippen LogP contribution in [0.5, 0.6) is 5.75 Å². The third kappa shape index (κ3) is 2.13. The predicted molar refractivity (Wildman–Crippen MR) is 72.3 cm³/mol. The number of fused-ring (bicyclic) bond motifs is 1. The SMILES string of the molecule is COc1cccc2c1N(CCN)CCC(=O)N2C. The smallest absolute Gasteiger partial charge is 0.228 e. The molecule has 18 heavy (non-hydrogen) atoms. The zero-order chi connectivity index (χ0) is 13.1. The predicted octanol–water partition coefficient (Wildman–Crippen LogP) is 0.827. The van der Waals surface area contributed by atoms with E-state index >= 15 is 0 Å². The van der Waals surface area contributed by atoms with Gasteiger partial charge in [-0.15, -0.1) is 0 Å². The van der Waals surface area contributed by atoms with Crippen molar-refractivity contribution >= 4 is 17.3 Å². The molecule has 1 heterocycles. The number of hydrogen-bond donors (Lipinski definition) is 1. The van der Waals surface area contributed by atoms with Crippen LogP contribution >= 0.6 is 0 Å². The Hall–Kier alpha value is -1.75. The summed E-state index contributed by atoms with van der Waals surface area (Å²) >= 11 is 0. The highest BCUT2D eigenvalue weighted by atomic mass is 16.5. The normalized spacial score (nSPS) is 15.4. The number of carbonyl (C=O) groups is 1. The molecule has 0 unspecified atom stereocenters. The van der Waals surface area contributed by atoms with Crippen molar-refractivity contribution in [2.45, 2.75) is 6.42 Å². The second-order valence-electron chi connectivity index (χ2n) is 4.31. The van der Waals surface area contributed by atoms with Crippen LogP contribution in [-0.2, 0) is 4.79 Å². The van der Waals surface area contributed by atoms with Crippen molar-refractivity contribution in [2.75, 3.05) is 43.6 Å². The Morgan fingerprint density at radius 2 is 2.22 bits per heavy atom. The summed E-state index contributed by atoms with van der Waals surface area (Å²) in [7, 11) is 3.44. The van der Waals surface area contributed by atoms with Crippen LogP contribution in [0.25, 0.3) is 0 Å². The van der Waals surface area contributed by atoms with Crippen LogP contribution in [0.15, 0.2) is 18.2 Å². The Bertz CT molecular complexity index is 448. The molecule has 2 N–H and O–H groups in total. The summed E-state index contributed by atoms with van der Waals surface area (Å²) in [5, 5.41) is 0. The number of anilines is 2. The maximum absolute atomic E-state index is 12.0. The number of rotatable bonds is 3. The maximum Gasteiger partial charge on any atom is 0.228 e. The summed E-state index contributed by atoms with van der Waals surface area (Å²) in [6.07, 6.45) is 0.494. The molecule has 0 aliphatic carbocycles. The van der Waals surface area contributed by atoms with E-state index in [1.54, 1.807) is 19.1 Å². The highest BCUT2D eigenvalue weighted by Crippen LogP contribution is 2.39. The highest BCUT2D eigenvalue weighted by molar-refractivity contribution is 5.99. The molecule has 0 saturated heterocycles. The molecule has 5 heteroatoms. The third-order valence-electron chi connectivity index (χ3n) is 3.24. The molecule has 2 rings (SSSR count). The number of carbonyl (C=O) groups excluding carboxylic acids is 1. The number of nitrogens with two attached hydrogens (primary N) is 1. The quantitative estimate of drug-likeness (QED) is 0.862. The van der Waals surface area contributed by atoms with Crippen LogP contribution in [-0.4, -0.2) is 39.7 Å². The topological polar surface area (TPSA) is 58.8 Å². The van der Waals surface area contributed by atoms with E-state index in [1.807, 2.05) is 18.2 Å². The van der Waals surface area contributed by atoms with Crippen molar-refractivity contribution in [3.05, 3.63) is 18.2 Å². The molecule has 0 radical (unpaired) electrons. The van der Waals surface area contributed by atoms with E-state index in [4.69, 9.17) is 10.5 Å². The first kappa shape index (κ1) is 12.7. The van der Waals surface area contributed by atoms with E-state index in [1.165, 1.54) is 0 Å². The molecular weight excluding hydrogens is 230 g/mol. The first-order valence-corrected chi connectivity index (χ1v) is 6.07. The molecule has 1 aromatic carbocycles. The fourth-order valence-corrected chi connectivity index (χ4v) is 2.29. The average molecular weight is 249 g/mol. The first-order valence-electron chi connectivity index (χ1n) is 6.07. The number of amides is 1. The Morgan fingerprint density at radius 3 is 2.89 bits per heavy atom. The Balaban J connectivity index is 2.53. The van der Waals surface area contributed by atoms with Crippen LogP contribution in [0.4, 0.5) is 11.4 Å². The van der Waals surface area contributed by atoms with Crippen molar-refractivity contribution in [1.82, 2.24) is 0 Å². The lowest BCUT2D eigenvalue weighted by molar-refractivity contribution is -0.118. The summed E-state index contributed by atoms with van der Waals surface area (Å²) in [5.41, 5.74) is 7.48. The number of benzene rings is 1. The molecule has 1 aliphatic rings. The molecule has 98 valence electrons. The van der Waals surface area contributed by atoms with E-state index in [0.717, 1.165) is 17.1 Å². The minimum Gasteiger partial charge on any atom is -0.495 e. The molecule has 0 atom stereocenters. The number of nitrogens with zero attached hydrogens (tertiary/aromatic N) is 2. The number of ether oxygens (including phenoxy) is 1. The van der Waals surface area contributed by atoms with E-state index in [0.29, 0.717) is 26.1 Å². The third-order valence-corrected chi connectivity index (χ3v) is 3.24. The Morgan fingerprint density at radius 1 is 1.44 bits per heavy atom. The van der Waals surface area contributed by atoms with Gasteiger partial charge in [-0.2, -0.15) is 0 Å². The molecule has 1 aromatic rings. The van der Waals surface area contributed by atoms with Gasteiger partial charge in [0.15, 0.2) is 0 Å². The zero-order valence-corrected chi connectivity index (χ0v) is 10.8. The van der Waals surface area contributed by atoms with Gasteiger partial charge in [-0.05, 0) is 12.1 Å². The van der Waals surface area contributed by atoms with Gasteiger partial charge in [0.1, 0.15) is 11.4 Å². The molecule has 0 saturated carbocycles. The van der Waals surface area contributed by atoms with E-state index in [2.05, 4.69) is 4.90 Å². The fraction of sp³-hybridized carbons (Fsp3) is 0.462. The van der Waals surface area contributed by atoms with Gasteiger partial charge in [0, 0.05) is 33.1 Å². The van der Waals surface area contributed by atoms with Crippen molar-refractivity contribution in [3.8, 4) is 5.75 Å². The summed E-state index contributed by atoms with van der Waals surface area (Å²) in [5.74, 6) is 0.895. The van der Waals surface area contributed by atoms with Gasteiger partial charge in [-0.1, -0.05) is 6.07 Å². The number of hydrogen-bond acceptors (Lipinski definition) is 4. The largest absolute Gasteiger partial charge is 0.495 e. The second-order valence-corrected chi connectivity index (χ2v) is 4.31. The summed E-state index contributed by atoms with van der Waals surface area (Å²) in [4.78, 5) is 15.8. The van der Waals surface area contributed by atoms with E-state index < -0.39 is 0 Å². The highest BCUT2D eigenvalue weighted by Gasteiger charge is 2.25. The monoisotopic (exact) mass is 249 g/mol. The van der Waals surface area contributed by atoms with Gasteiger partial charge >= 0.3 is 0 Å². The minimum atomic E-state index is 0.115. The Labute approximate surface area is 107 Å². The van der Waals surface area contributed by atoms with Gasteiger partial charge in [0.05, 0.1) is 12.8 Å².